The van der Waals surface area contributed by atoms with Crippen LogP contribution in [0.4, 0.5) is 4.79 Å². The molecule has 7 heteroatoms. The summed E-state index contributed by atoms with van der Waals surface area (Å²) in [6, 6.07) is 11.4. The van der Waals surface area contributed by atoms with Crippen molar-refractivity contribution in [3.63, 3.8) is 0 Å². The van der Waals surface area contributed by atoms with Crippen LogP contribution < -0.4 is 14.8 Å². The number of rotatable bonds is 7. The molecule has 164 valence electrons. The lowest BCUT2D eigenvalue weighted by Gasteiger charge is -2.36. The zero-order valence-electron chi connectivity index (χ0n) is 17.8. The normalized spacial score (nSPS) is 22.6. The molecule has 2 N–H and O–H groups in total. The van der Waals surface area contributed by atoms with Gasteiger partial charge in [-0.3, -0.25) is 14.9 Å². The van der Waals surface area contributed by atoms with Crippen molar-refractivity contribution in [1.29, 1.82) is 0 Å². The maximum absolute atomic E-state index is 11.7. The van der Waals surface area contributed by atoms with E-state index in [1.165, 1.54) is 0 Å². The summed E-state index contributed by atoms with van der Waals surface area (Å²) in [4.78, 5) is 23.0. The zero-order valence-corrected chi connectivity index (χ0v) is 18.6. The highest BCUT2D eigenvalue weighted by molar-refractivity contribution is 8.15. The molecule has 6 nitrogen and oxygen atoms in total. The molecule has 0 radical (unpaired) electrons. The summed E-state index contributed by atoms with van der Waals surface area (Å²) in [7, 11) is 0. The van der Waals surface area contributed by atoms with Gasteiger partial charge in [0.2, 0.25) is 5.91 Å². The van der Waals surface area contributed by atoms with Crippen molar-refractivity contribution in [3.8, 4) is 17.2 Å². The number of ether oxygens (including phenoxy) is 2. The lowest BCUT2D eigenvalue weighted by molar-refractivity contribution is -0.118. The molecular weight excluding hydrogens is 414 g/mol. The number of phenols is 1. The number of imide groups is 1. The molecule has 1 fully saturated rings. The van der Waals surface area contributed by atoms with E-state index in [9.17, 15) is 14.7 Å². The molecule has 4 rings (SSSR count). The molecule has 2 aromatic carbocycles. The van der Waals surface area contributed by atoms with Crippen molar-refractivity contribution >= 4 is 22.9 Å². The van der Waals surface area contributed by atoms with Crippen LogP contribution in [0.15, 0.2) is 36.4 Å². The second-order valence-corrected chi connectivity index (χ2v) is 9.59. The molecule has 0 spiro atoms. The minimum atomic E-state index is -0.453. The van der Waals surface area contributed by atoms with E-state index in [1.54, 1.807) is 0 Å². The lowest BCUT2D eigenvalue weighted by Crippen LogP contribution is -2.42. The summed E-state index contributed by atoms with van der Waals surface area (Å²) >= 11 is 1.04. The number of phenolic OH excluding ortho intramolecular Hbond substituents is 1. The number of fused-ring (bicyclic) bond motifs is 1. The van der Waals surface area contributed by atoms with Crippen molar-refractivity contribution in [2.75, 3.05) is 6.61 Å². The molecule has 2 aliphatic heterocycles. The van der Waals surface area contributed by atoms with Crippen molar-refractivity contribution < 1.29 is 24.2 Å². The number of hydrogen-bond donors (Lipinski definition) is 2. The zero-order chi connectivity index (χ0) is 22.0. The Balaban J connectivity index is 1.36. The third-order valence-electron chi connectivity index (χ3n) is 5.72. The fourth-order valence-electron chi connectivity index (χ4n) is 3.93. The van der Waals surface area contributed by atoms with E-state index in [4.69, 9.17) is 9.47 Å². The second kappa shape index (κ2) is 8.83. The van der Waals surface area contributed by atoms with Gasteiger partial charge in [-0.05, 0) is 73.6 Å². The molecule has 2 aliphatic rings. The first-order chi connectivity index (χ1) is 14.8. The van der Waals surface area contributed by atoms with Gasteiger partial charge in [0.1, 0.15) is 29.5 Å². The topological polar surface area (TPSA) is 84.9 Å². The van der Waals surface area contributed by atoms with Crippen LogP contribution in [0.3, 0.4) is 0 Å². The first-order valence-electron chi connectivity index (χ1n) is 10.6. The van der Waals surface area contributed by atoms with Gasteiger partial charge in [0, 0.05) is 0 Å². The number of hydrogen-bond acceptors (Lipinski definition) is 6. The Morgan fingerprint density at radius 3 is 2.71 bits per heavy atom. The SMILES string of the molecule is CCCc1cc2c(cc1O)CCC(C)(COc1ccc(CC3SC(=O)NC3=O)cc1)O2. The largest absolute Gasteiger partial charge is 0.508 e. The molecule has 2 unspecified atom stereocenters. The fourth-order valence-corrected chi connectivity index (χ4v) is 4.79. The summed E-state index contributed by atoms with van der Waals surface area (Å²) in [6.45, 7) is 4.54. The number of benzene rings is 2. The standard InChI is InChI=1S/C24H27NO5S/c1-3-4-16-13-20-17(12-19(16)26)9-10-24(2,30-20)14-29-18-7-5-15(6-8-18)11-21-22(27)25-23(28)31-21/h5-8,12-13,21,26H,3-4,9-11,14H2,1-2H3,(H,25,27,28). The van der Waals surface area contributed by atoms with Crippen LogP contribution in [0.2, 0.25) is 0 Å². The third kappa shape index (κ3) is 4.98. The Morgan fingerprint density at radius 2 is 2.03 bits per heavy atom. The Hall–Kier alpha value is -2.67. The van der Waals surface area contributed by atoms with Crippen LogP contribution in [0.25, 0.3) is 0 Å². The van der Waals surface area contributed by atoms with Crippen LogP contribution in [0.5, 0.6) is 17.2 Å². The van der Waals surface area contributed by atoms with Gasteiger partial charge in [-0.15, -0.1) is 0 Å². The van der Waals surface area contributed by atoms with E-state index < -0.39 is 5.60 Å². The van der Waals surface area contributed by atoms with Crippen molar-refractivity contribution in [2.24, 2.45) is 0 Å². The number of aromatic hydroxyl groups is 1. The maximum atomic E-state index is 11.7. The lowest BCUT2D eigenvalue weighted by atomic mass is 9.91. The summed E-state index contributed by atoms with van der Waals surface area (Å²) in [5, 5.41) is 11.9. The van der Waals surface area contributed by atoms with Gasteiger partial charge < -0.3 is 14.6 Å². The number of carbonyl (C=O) groups is 2. The summed E-state index contributed by atoms with van der Waals surface area (Å²) < 4.78 is 12.3. The minimum Gasteiger partial charge on any atom is -0.508 e. The average molecular weight is 442 g/mol. The summed E-state index contributed by atoms with van der Waals surface area (Å²) in [5.74, 6) is 1.68. The van der Waals surface area contributed by atoms with E-state index in [0.717, 1.165) is 65.6 Å². The molecule has 2 amide bonds. The highest BCUT2D eigenvalue weighted by Gasteiger charge is 2.34. The predicted molar refractivity (Wildman–Crippen MR) is 120 cm³/mol. The van der Waals surface area contributed by atoms with E-state index in [-0.39, 0.29) is 16.4 Å². The number of amides is 2. The van der Waals surface area contributed by atoms with E-state index in [2.05, 4.69) is 12.2 Å². The fraction of sp³-hybridized carbons (Fsp3) is 0.417. The van der Waals surface area contributed by atoms with Crippen LogP contribution in [-0.4, -0.2) is 33.7 Å². The molecule has 2 aromatic rings. The van der Waals surface area contributed by atoms with Gasteiger partial charge >= 0.3 is 0 Å². The van der Waals surface area contributed by atoms with E-state index >= 15 is 0 Å². The van der Waals surface area contributed by atoms with Crippen LogP contribution in [0.1, 0.15) is 43.4 Å². The summed E-state index contributed by atoms with van der Waals surface area (Å²) in [5.41, 5.74) is 2.47. The van der Waals surface area contributed by atoms with Gasteiger partial charge in [-0.2, -0.15) is 0 Å². The third-order valence-corrected chi connectivity index (χ3v) is 6.70. The number of aryl methyl sites for hydroxylation is 2. The Morgan fingerprint density at radius 1 is 1.26 bits per heavy atom. The first-order valence-corrected chi connectivity index (χ1v) is 11.5. The Kier molecular flexibility index (Phi) is 6.14. The molecule has 0 saturated carbocycles. The molecule has 0 aromatic heterocycles. The molecule has 2 atom stereocenters. The van der Waals surface area contributed by atoms with Crippen LogP contribution in [0, 0.1) is 0 Å². The van der Waals surface area contributed by atoms with Crippen LogP contribution in [-0.2, 0) is 24.1 Å². The smallest absolute Gasteiger partial charge is 0.286 e. The highest BCUT2D eigenvalue weighted by atomic mass is 32.2. The van der Waals surface area contributed by atoms with Gasteiger partial charge in [-0.25, -0.2) is 0 Å². The summed E-state index contributed by atoms with van der Waals surface area (Å²) in [6.07, 6.45) is 3.91. The van der Waals surface area contributed by atoms with E-state index in [1.807, 2.05) is 43.3 Å². The Labute approximate surface area is 186 Å². The number of carbonyl (C=O) groups excluding carboxylic acids is 2. The van der Waals surface area contributed by atoms with Crippen molar-refractivity contribution in [3.05, 3.63) is 53.1 Å². The monoisotopic (exact) mass is 441 g/mol. The molecule has 31 heavy (non-hydrogen) atoms. The molecule has 0 bridgehead atoms. The van der Waals surface area contributed by atoms with Crippen molar-refractivity contribution in [2.45, 2.75) is 56.8 Å². The molecular formula is C24H27NO5S. The predicted octanol–water partition coefficient (Wildman–Crippen LogP) is 4.40. The quantitative estimate of drug-likeness (QED) is 0.662. The van der Waals surface area contributed by atoms with Crippen molar-refractivity contribution in [1.82, 2.24) is 5.32 Å². The van der Waals surface area contributed by atoms with Crippen LogP contribution >= 0.6 is 11.8 Å². The van der Waals surface area contributed by atoms with E-state index in [0.29, 0.717) is 18.8 Å². The molecule has 1 saturated heterocycles. The Bertz CT molecular complexity index is 990. The molecule has 0 aliphatic carbocycles. The maximum Gasteiger partial charge on any atom is 0.286 e. The first kappa shape index (κ1) is 21.6. The number of thioether (sulfide) groups is 1. The number of nitrogens with one attached hydrogen (secondary N) is 1. The average Bonchev–Trinajstić information content (AvgIpc) is 3.05. The van der Waals surface area contributed by atoms with Gasteiger partial charge in [0.05, 0.1) is 5.25 Å². The van der Waals surface area contributed by atoms with Gasteiger partial charge in [0.15, 0.2) is 0 Å². The molecule has 2 heterocycles. The van der Waals surface area contributed by atoms with Gasteiger partial charge in [-0.1, -0.05) is 37.2 Å². The minimum absolute atomic E-state index is 0.228. The van der Waals surface area contributed by atoms with Gasteiger partial charge in [0.25, 0.3) is 5.24 Å². The second-order valence-electron chi connectivity index (χ2n) is 8.41. The highest BCUT2D eigenvalue weighted by Crippen LogP contribution is 2.38.